The Morgan fingerprint density at radius 1 is 1.31 bits per heavy atom. The Labute approximate surface area is 81.2 Å². The van der Waals surface area contributed by atoms with Crippen molar-refractivity contribution in [2.24, 2.45) is 5.41 Å². The minimum atomic E-state index is 0.587. The van der Waals surface area contributed by atoms with E-state index in [0.717, 1.165) is 26.2 Å². The second-order valence-electron chi connectivity index (χ2n) is 4.02. The molecule has 0 amide bonds. The molecule has 0 bridgehead atoms. The van der Waals surface area contributed by atoms with Crippen molar-refractivity contribution in [3.8, 4) is 0 Å². The van der Waals surface area contributed by atoms with E-state index < -0.39 is 0 Å². The summed E-state index contributed by atoms with van der Waals surface area (Å²) < 4.78 is 5.11. The summed E-state index contributed by atoms with van der Waals surface area (Å²) in [5.41, 5.74) is 0.587. The molecule has 0 saturated heterocycles. The van der Waals surface area contributed by atoms with Crippen molar-refractivity contribution in [3.05, 3.63) is 0 Å². The number of hydrogen-bond acceptors (Lipinski definition) is 3. The van der Waals surface area contributed by atoms with Crippen molar-refractivity contribution in [1.82, 2.24) is 10.6 Å². The summed E-state index contributed by atoms with van der Waals surface area (Å²) >= 11 is 0. The number of rotatable bonds is 8. The van der Waals surface area contributed by atoms with Crippen LogP contribution >= 0.6 is 0 Å². The van der Waals surface area contributed by atoms with Crippen LogP contribution in [0.15, 0.2) is 0 Å². The third-order valence-corrected chi connectivity index (χ3v) is 2.85. The molecule has 1 fully saturated rings. The molecule has 1 aliphatic carbocycles. The molecular formula is C10H22N2O. The molecule has 0 atom stereocenters. The fourth-order valence-corrected chi connectivity index (χ4v) is 1.58. The van der Waals surface area contributed by atoms with Crippen molar-refractivity contribution in [3.63, 3.8) is 0 Å². The van der Waals surface area contributed by atoms with E-state index >= 15 is 0 Å². The summed E-state index contributed by atoms with van der Waals surface area (Å²) in [5, 5.41) is 6.61. The van der Waals surface area contributed by atoms with Crippen LogP contribution in [-0.4, -0.2) is 40.4 Å². The predicted molar refractivity (Wildman–Crippen MR) is 55.0 cm³/mol. The maximum absolute atomic E-state index is 5.11. The van der Waals surface area contributed by atoms with Crippen molar-refractivity contribution in [1.29, 1.82) is 0 Å². The summed E-state index contributed by atoms with van der Waals surface area (Å²) in [4.78, 5) is 0. The van der Waals surface area contributed by atoms with Gasteiger partial charge in [-0.05, 0) is 31.7 Å². The minimum Gasteiger partial charge on any atom is -0.385 e. The molecule has 0 aliphatic heterocycles. The lowest BCUT2D eigenvalue weighted by atomic mass is 10.0. The molecule has 0 aromatic heterocycles. The minimum absolute atomic E-state index is 0.587. The first-order valence-corrected chi connectivity index (χ1v) is 5.17. The van der Waals surface area contributed by atoms with E-state index in [4.69, 9.17) is 4.74 Å². The molecule has 2 N–H and O–H groups in total. The second kappa shape index (κ2) is 5.58. The highest BCUT2D eigenvalue weighted by atomic mass is 16.5. The smallest absolute Gasteiger partial charge is 0.0468 e. The maximum atomic E-state index is 5.11. The molecule has 3 heteroatoms. The molecule has 0 heterocycles. The van der Waals surface area contributed by atoms with Crippen LogP contribution in [0.3, 0.4) is 0 Å². The van der Waals surface area contributed by atoms with Crippen LogP contribution < -0.4 is 10.6 Å². The van der Waals surface area contributed by atoms with Crippen molar-refractivity contribution in [2.45, 2.75) is 19.3 Å². The molecule has 0 unspecified atom stereocenters. The van der Waals surface area contributed by atoms with Gasteiger partial charge in [0.15, 0.2) is 0 Å². The normalized spacial score (nSPS) is 18.9. The highest BCUT2D eigenvalue weighted by Crippen LogP contribution is 2.47. The SMILES string of the molecule is CNCCNCC1(CCOC)CC1. The molecule has 0 spiro atoms. The van der Waals surface area contributed by atoms with Crippen molar-refractivity contribution in [2.75, 3.05) is 40.4 Å². The lowest BCUT2D eigenvalue weighted by Gasteiger charge is -2.15. The molecular weight excluding hydrogens is 164 g/mol. The average Bonchev–Trinajstić information content (AvgIpc) is 2.91. The number of nitrogens with one attached hydrogen (secondary N) is 2. The van der Waals surface area contributed by atoms with Crippen LogP contribution in [0.5, 0.6) is 0 Å². The van der Waals surface area contributed by atoms with E-state index in [0.29, 0.717) is 5.41 Å². The van der Waals surface area contributed by atoms with E-state index in [1.807, 2.05) is 7.05 Å². The summed E-state index contributed by atoms with van der Waals surface area (Å²) in [6, 6.07) is 0. The number of methoxy groups -OCH3 is 1. The highest BCUT2D eigenvalue weighted by Gasteiger charge is 2.41. The Morgan fingerprint density at radius 3 is 2.62 bits per heavy atom. The summed E-state index contributed by atoms with van der Waals surface area (Å²) in [6.07, 6.45) is 3.97. The Kier molecular flexibility index (Phi) is 4.70. The summed E-state index contributed by atoms with van der Waals surface area (Å²) in [7, 11) is 3.77. The van der Waals surface area contributed by atoms with E-state index in [9.17, 15) is 0 Å². The van der Waals surface area contributed by atoms with Crippen molar-refractivity contribution >= 4 is 0 Å². The first-order valence-electron chi connectivity index (χ1n) is 5.17. The topological polar surface area (TPSA) is 33.3 Å². The van der Waals surface area contributed by atoms with Crippen LogP contribution in [0.4, 0.5) is 0 Å². The fourth-order valence-electron chi connectivity index (χ4n) is 1.58. The van der Waals surface area contributed by atoms with E-state index in [1.165, 1.54) is 19.3 Å². The van der Waals surface area contributed by atoms with E-state index in [1.54, 1.807) is 7.11 Å². The van der Waals surface area contributed by atoms with Gasteiger partial charge in [0.2, 0.25) is 0 Å². The standard InChI is InChI=1S/C10H22N2O/c1-11-6-7-12-9-10(3-4-10)5-8-13-2/h11-12H,3-9H2,1-2H3. The Hall–Kier alpha value is -0.120. The molecule has 1 rings (SSSR count). The van der Waals surface area contributed by atoms with Gasteiger partial charge in [0.05, 0.1) is 0 Å². The molecule has 3 nitrogen and oxygen atoms in total. The van der Waals surface area contributed by atoms with E-state index in [2.05, 4.69) is 10.6 Å². The van der Waals surface area contributed by atoms with E-state index in [-0.39, 0.29) is 0 Å². The zero-order valence-corrected chi connectivity index (χ0v) is 8.86. The van der Waals surface area contributed by atoms with Gasteiger partial charge in [-0.2, -0.15) is 0 Å². The summed E-state index contributed by atoms with van der Waals surface area (Å²) in [5.74, 6) is 0. The molecule has 1 saturated carbocycles. The Balaban J connectivity index is 1.99. The number of likely N-dealkylation sites (N-methyl/N-ethyl adjacent to an activating group) is 1. The van der Waals surface area contributed by atoms with Gasteiger partial charge in [-0.3, -0.25) is 0 Å². The molecule has 0 aromatic rings. The monoisotopic (exact) mass is 186 g/mol. The van der Waals surface area contributed by atoms with Crippen LogP contribution in [0.2, 0.25) is 0 Å². The highest BCUT2D eigenvalue weighted by molar-refractivity contribution is 4.94. The van der Waals surface area contributed by atoms with Gasteiger partial charge in [-0.15, -0.1) is 0 Å². The van der Waals surface area contributed by atoms with Crippen LogP contribution in [0, 0.1) is 5.41 Å². The fraction of sp³-hybridized carbons (Fsp3) is 1.00. The van der Waals surface area contributed by atoms with Crippen LogP contribution in [0.1, 0.15) is 19.3 Å². The first-order chi connectivity index (χ1) is 6.33. The maximum Gasteiger partial charge on any atom is 0.0468 e. The van der Waals surface area contributed by atoms with Gasteiger partial charge in [-0.1, -0.05) is 0 Å². The largest absolute Gasteiger partial charge is 0.385 e. The third kappa shape index (κ3) is 4.07. The molecule has 0 radical (unpaired) electrons. The average molecular weight is 186 g/mol. The van der Waals surface area contributed by atoms with Gasteiger partial charge in [0.1, 0.15) is 0 Å². The van der Waals surface area contributed by atoms with Gasteiger partial charge in [0.25, 0.3) is 0 Å². The van der Waals surface area contributed by atoms with Crippen molar-refractivity contribution < 1.29 is 4.74 Å². The molecule has 1 aliphatic rings. The van der Waals surface area contributed by atoms with Gasteiger partial charge in [0, 0.05) is 33.4 Å². The zero-order valence-electron chi connectivity index (χ0n) is 8.86. The lowest BCUT2D eigenvalue weighted by Crippen LogP contribution is -2.30. The molecule has 13 heavy (non-hydrogen) atoms. The number of hydrogen-bond donors (Lipinski definition) is 2. The summed E-state index contributed by atoms with van der Waals surface area (Å²) in [6.45, 7) is 4.21. The van der Waals surface area contributed by atoms with Gasteiger partial charge < -0.3 is 15.4 Å². The van der Waals surface area contributed by atoms with Gasteiger partial charge >= 0.3 is 0 Å². The Morgan fingerprint density at radius 2 is 2.08 bits per heavy atom. The molecule has 0 aromatic carbocycles. The first kappa shape index (κ1) is 11.0. The predicted octanol–water partition coefficient (Wildman–Crippen LogP) is 0.612. The van der Waals surface area contributed by atoms with Crippen LogP contribution in [-0.2, 0) is 4.74 Å². The second-order valence-corrected chi connectivity index (χ2v) is 4.02. The Bertz CT molecular complexity index is 135. The lowest BCUT2D eigenvalue weighted by molar-refractivity contribution is 0.171. The quantitative estimate of drug-likeness (QED) is 0.545. The molecule has 78 valence electrons. The number of ether oxygens (including phenoxy) is 1. The zero-order chi connectivity index (χ0) is 9.57. The van der Waals surface area contributed by atoms with Gasteiger partial charge in [-0.25, -0.2) is 0 Å². The van der Waals surface area contributed by atoms with Crippen LogP contribution in [0.25, 0.3) is 0 Å². The third-order valence-electron chi connectivity index (χ3n) is 2.85.